The lowest BCUT2D eigenvalue weighted by Gasteiger charge is -2.11. The van der Waals surface area contributed by atoms with Crippen molar-refractivity contribution in [3.8, 4) is 0 Å². The van der Waals surface area contributed by atoms with E-state index in [1.807, 2.05) is 18.2 Å². The molecule has 4 N–H and O–H groups in total. The highest BCUT2D eigenvalue weighted by Gasteiger charge is 2.14. The minimum Gasteiger partial charge on any atom is -0.481 e. The standard InChI is InChI=1S/C12H16N2O3/c13-11(9-5-2-1-3-6-9)12(17)14-8-4-7-10(15)16/h1-3,5-6,11H,4,7-8,13H2,(H,14,17)(H,15,16)/t11-/m1/s1. The van der Waals surface area contributed by atoms with E-state index in [9.17, 15) is 9.59 Å². The molecule has 5 nitrogen and oxygen atoms in total. The van der Waals surface area contributed by atoms with Crippen LogP contribution in [0.1, 0.15) is 24.4 Å². The largest absolute Gasteiger partial charge is 0.481 e. The predicted octanol–water partition coefficient (Wildman–Crippen LogP) is 0.667. The highest BCUT2D eigenvalue weighted by molar-refractivity contribution is 5.82. The first-order chi connectivity index (χ1) is 8.11. The number of amides is 1. The number of carboxylic acids is 1. The Labute approximate surface area is 99.6 Å². The van der Waals surface area contributed by atoms with Crippen molar-refractivity contribution in [3.05, 3.63) is 35.9 Å². The normalized spacial score (nSPS) is 11.8. The number of hydrogen-bond donors (Lipinski definition) is 3. The average Bonchev–Trinajstić information content (AvgIpc) is 2.34. The summed E-state index contributed by atoms with van der Waals surface area (Å²) in [6, 6.07) is 8.32. The molecule has 0 saturated heterocycles. The maximum absolute atomic E-state index is 11.6. The zero-order valence-electron chi connectivity index (χ0n) is 9.43. The molecule has 0 radical (unpaired) electrons. The van der Waals surface area contributed by atoms with Crippen LogP contribution in [0.15, 0.2) is 30.3 Å². The second-order valence-electron chi connectivity index (χ2n) is 3.68. The summed E-state index contributed by atoms with van der Waals surface area (Å²) in [6.45, 7) is 0.325. The Morgan fingerprint density at radius 3 is 2.53 bits per heavy atom. The van der Waals surface area contributed by atoms with Crippen molar-refractivity contribution < 1.29 is 14.7 Å². The first-order valence-corrected chi connectivity index (χ1v) is 5.41. The monoisotopic (exact) mass is 236 g/mol. The SMILES string of the molecule is N[C@@H](C(=O)NCCCC(=O)O)c1ccccc1. The number of carbonyl (C=O) groups excluding carboxylic acids is 1. The highest BCUT2D eigenvalue weighted by atomic mass is 16.4. The van der Waals surface area contributed by atoms with Gasteiger partial charge in [-0.05, 0) is 12.0 Å². The zero-order chi connectivity index (χ0) is 12.7. The van der Waals surface area contributed by atoms with Crippen molar-refractivity contribution in [2.75, 3.05) is 6.54 Å². The fraction of sp³-hybridized carbons (Fsp3) is 0.333. The minimum absolute atomic E-state index is 0.0425. The molecule has 1 aromatic rings. The number of nitrogens with two attached hydrogens (primary N) is 1. The number of benzene rings is 1. The number of hydrogen-bond acceptors (Lipinski definition) is 3. The molecule has 0 saturated carbocycles. The van der Waals surface area contributed by atoms with Crippen molar-refractivity contribution in [3.63, 3.8) is 0 Å². The topological polar surface area (TPSA) is 92.4 Å². The van der Waals surface area contributed by atoms with E-state index in [0.717, 1.165) is 5.56 Å². The highest BCUT2D eigenvalue weighted by Crippen LogP contribution is 2.08. The van der Waals surface area contributed by atoms with Crippen molar-refractivity contribution in [2.24, 2.45) is 5.73 Å². The van der Waals surface area contributed by atoms with Crippen molar-refractivity contribution in [1.29, 1.82) is 0 Å². The molecule has 0 unspecified atom stereocenters. The molecule has 1 amide bonds. The van der Waals surface area contributed by atoms with Crippen molar-refractivity contribution >= 4 is 11.9 Å². The van der Waals surface area contributed by atoms with Crippen LogP contribution in [-0.2, 0) is 9.59 Å². The Balaban J connectivity index is 2.35. The van der Waals surface area contributed by atoms with E-state index >= 15 is 0 Å². The summed E-state index contributed by atoms with van der Waals surface area (Å²) in [5, 5.41) is 11.0. The van der Waals surface area contributed by atoms with E-state index in [4.69, 9.17) is 10.8 Å². The fourth-order valence-electron chi connectivity index (χ4n) is 1.37. The summed E-state index contributed by atoms with van der Waals surface area (Å²) in [4.78, 5) is 21.9. The molecule has 17 heavy (non-hydrogen) atoms. The van der Waals surface area contributed by atoms with Crippen LogP contribution in [0.25, 0.3) is 0 Å². The van der Waals surface area contributed by atoms with E-state index < -0.39 is 12.0 Å². The van der Waals surface area contributed by atoms with Crippen LogP contribution in [0.2, 0.25) is 0 Å². The van der Waals surface area contributed by atoms with Gasteiger partial charge in [0, 0.05) is 13.0 Å². The van der Waals surface area contributed by atoms with Gasteiger partial charge < -0.3 is 16.2 Å². The Hall–Kier alpha value is -1.88. The number of nitrogens with one attached hydrogen (secondary N) is 1. The maximum Gasteiger partial charge on any atom is 0.303 e. The molecule has 1 atom stereocenters. The number of rotatable bonds is 6. The lowest BCUT2D eigenvalue weighted by molar-refractivity contribution is -0.137. The van der Waals surface area contributed by atoms with Gasteiger partial charge in [-0.2, -0.15) is 0 Å². The molecule has 0 aliphatic rings. The molecule has 1 aromatic carbocycles. The second-order valence-corrected chi connectivity index (χ2v) is 3.68. The Kier molecular flexibility index (Phi) is 5.16. The summed E-state index contributed by atoms with van der Waals surface area (Å²) < 4.78 is 0. The molecule has 0 fully saturated rings. The Bertz CT molecular complexity index is 379. The quantitative estimate of drug-likeness (QED) is 0.633. The van der Waals surface area contributed by atoms with Gasteiger partial charge >= 0.3 is 5.97 Å². The molecule has 0 spiro atoms. The number of carbonyl (C=O) groups is 2. The molecule has 0 aromatic heterocycles. The van der Waals surface area contributed by atoms with Crippen LogP contribution in [0.3, 0.4) is 0 Å². The van der Waals surface area contributed by atoms with Gasteiger partial charge in [-0.15, -0.1) is 0 Å². The van der Waals surface area contributed by atoms with E-state index in [1.165, 1.54) is 0 Å². The van der Waals surface area contributed by atoms with Crippen LogP contribution in [0.5, 0.6) is 0 Å². The summed E-state index contributed by atoms with van der Waals surface area (Å²) in [5.41, 5.74) is 6.49. The predicted molar refractivity (Wildman–Crippen MR) is 63.2 cm³/mol. The van der Waals surface area contributed by atoms with Gasteiger partial charge in [0.15, 0.2) is 0 Å². The van der Waals surface area contributed by atoms with E-state index in [-0.39, 0.29) is 12.3 Å². The van der Waals surface area contributed by atoms with Gasteiger partial charge in [0.05, 0.1) is 0 Å². The van der Waals surface area contributed by atoms with E-state index in [1.54, 1.807) is 12.1 Å². The van der Waals surface area contributed by atoms with Gasteiger partial charge in [-0.25, -0.2) is 0 Å². The first-order valence-electron chi connectivity index (χ1n) is 5.41. The molecule has 92 valence electrons. The van der Waals surface area contributed by atoms with Gasteiger partial charge in [-0.1, -0.05) is 30.3 Å². The summed E-state index contributed by atoms with van der Waals surface area (Å²) in [5.74, 6) is -1.16. The molecular weight excluding hydrogens is 220 g/mol. The third-order valence-corrected chi connectivity index (χ3v) is 2.31. The van der Waals surface area contributed by atoms with Gasteiger partial charge in [0.25, 0.3) is 0 Å². The molecule has 5 heteroatoms. The van der Waals surface area contributed by atoms with Gasteiger partial charge in [-0.3, -0.25) is 9.59 Å². The van der Waals surface area contributed by atoms with E-state index in [0.29, 0.717) is 13.0 Å². The summed E-state index contributed by atoms with van der Waals surface area (Å²) >= 11 is 0. The molecule has 0 heterocycles. The van der Waals surface area contributed by atoms with Crippen molar-refractivity contribution in [2.45, 2.75) is 18.9 Å². The minimum atomic E-state index is -0.869. The molecule has 0 aliphatic heterocycles. The molecular formula is C12H16N2O3. The lowest BCUT2D eigenvalue weighted by Crippen LogP contribution is -2.34. The third-order valence-electron chi connectivity index (χ3n) is 2.31. The third kappa shape index (κ3) is 4.65. The van der Waals surface area contributed by atoms with Gasteiger partial charge in [0.1, 0.15) is 6.04 Å². The summed E-state index contributed by atoms with van der Waals surface area (Å²) in [7, 11) is 0. The van der Waals surface area contributed by atoms with Crippen LogP contribution in [0, 0.1) is 0 Å². The van der Waals surface area contributed by atoms with E-state index in [2.05, 4.69) is 5.32 Å². The van der Waals surface area contributed by atoms with Gasteiger partial charge in [0.2, 0.25) is 5.91 Å². The lowest BCUT2D eigenvalue weighted by atomic mass is 10.1. The van der Waals surface area contributed by atoms with Crippen molar-refractivity contribution in [1.82, 2.24) is 5.32 Å². The summed E-state index contributed by atoms with van der Waals surface area (Å²) in [6.07, 6.45) is 0.448. The van der Waals surface area contributed by atoms with Crippen LogP contribution < -0.4 is 11.1 Å². The molecule has 0 aliphatic carbocycles. The number of aliphatic carboxylic acids is 1. The second kappa shape index (κ2) is 6.65. The van der Waals surface area contributed by atoms with Crippen LogP contribution >= 0.6 is 0 Å². The fourth-order valence-corrected chi connectivity index (χ4v) is 1.37. The first kappa shape index (κ1) is 13.2. The number of carboxylic acid groups (broad SMARTS) is 1. The smallest absolute Gasteiger partial charge is 0.303 e. The Morgan fingerprint density at radius 1 is 1.29 bits per heavy atom. The maximum atomic E-state index is 11.6. The average molecular weight is 236 g/mol. The molecule has 1 rings (SSSR count). The zero-order valence-corrected chi connectivity index (χ0v) is 9.43. The van der Waals surface area contributed by atoms with Crippen LogP contribution in [0.4, 0.5) is 0 Å². The Morgan fingerprint density at radius 2 is 1.94 bits per heavy atom. The van der Waals surface area contributed by atoms with Crippen LogP contribution in [-0.4, -0.2) is 23.5 Å². The molecule has 0 bridgehead atoms.